The minimum absolute atomic E-state index is 0.0806. The zero-order valence-corrected chi connectivity index (χ0v) is 7.55. The number of benzene rings is 1. The van der Waals surface area contributed by atoms with Crippen LogP contribution in [0.3, 0.4) is 0 Å². The molecule has 0 aliphatic rings. The van der Waals surface area contributed by atoms with Gasteiger partial charge in [0.1, 0.15) is 6.54 Å². The Morgan fingerprint density at radius 3 is 2.79 bits per heavy atom. The molecular weight excluding hydrogens is 178 g/mol. The highest BCUT2D eigenvalue weighted by molar-refractivity contribution is 5.94. The molecule has 0 saturated heterocycles. The van der Waals surface area contributed by atoms with Gasteiger partial charge in [0.25, 0.3) is 6.33 Å². The largest absolute Gasteiger partial charge is 0.291 e. The summed E-state index contributed by atoms with van der Waals surface area (Å²) in [6, 6.07) is 9.22. The zero-order chi connectivity index (χ0) is 9.80. The molecule has 1 heterocycles. The van der Waals surface area contributed by atoms with Gasteiger partial charge in [0.05, 0.1) is 0 Å². The van der Waals surface area contributed by atoms with Crippen molar-refractivity contribution in [3.63, 3.8) is 0 Å². The van der Waals surface area contributed by atoms with Gasteiger partial charge >= 0.3 is 0 Å². The van der Waals surface area contributed by atoms with Gasteiger partial charge in [0.2, 0.25) is 6.33 Å². The van der Waals surface area contributed by atoms with E-state index in [1.165, 1.54) is 0 Å². The fourth-order valence-electron chi connectivity index (χ4n) is 1.22. The maximum absolute atomic E-state index is 11.6. The number of Topliss-reactive ketones (excluding diaryl/α,β-unsaturated/α-hetero) is 1. The Morgan fingerprint density at radius 1 is 1.36 bits per heavy atom. The second kappa shape index (κ2) is 3.83. The molecule has 0 spiro atoms. The van der Waals surface area contributed by atoms with Crippen LogP contribution in [0.5, 0.6) is 0 Å². The van der Waals surface area contributed by atoms with Crippen molar-refractivity contribution >= 4 is 5.78 Å². The van der Waals surface area contributed by atoms with Crippen LogP contribution in [0, 0.1) is 0 Å². The number of aromatic amines is 1. The first kappa shape index (κ1) is 8.62. The minimum atomic E-state index is 0.0806. The van der Waals surface area contributed by atoms with Crippen LogP contribution in [-0.2, 0) is 6.54 Å². The second-order valence-corrected chi connectivity index (χ2v) is 2.96. The number of ketones is 1. The van der Waals surface area contributed by atoms with E-state index in [2.05, 4.69) is 10.2 Å². The molecule has 1 N–H and O–H groups in total. The molecule has 0 bridgehead atoms. The zero-order valence-electron chi connectivity index (χ0n) is 7.55. The number of carbonyl (C=O) groups excluding carboxylic acids is 1. The highest BCUT2D eigenvalue weighted by Gasteiger charge is 2.08. The summed E-state index contributed by atoms with van der Waals surface area (Å²) in [4.78, 5) is 11.6. The van der Waals surface area contributed by atoms with E-state index in [0.29, 0.717) is 6.54 Å². The van der Waals surface area contributed by atoms with Gasteiger partial charge < -0.3 is 0 Å². The average Bonchev–Trinajstić information content (AvgIpc) is 2.72. The monoisotopic (exact) mass is 188 g/mol. The van der Waals surface area contributed by atoms with Crippen LogP contribution < -0.4 is 4.57 Å². The molecule has 4 heteroatoms. The summed E-state index contributed by atoms with van der Waals surface area (Å²) in [6.45, 7) is 0.320. The summed E-state index contributed by atoms with van der Waals surface area (Å²) in [5.74, 6) is 0.0806. The van der Waals surface area contributed by atoms with Crippen molar-refractivity contribution in [3.05, 3.63) is 48.5 Å². The highest BCUT2D eigenvalue weighted by atomic mass is 16.1. The van der Waals surface area contributed by atoms with Crippen LogP contribution >= 0.6 is 0 Å². The van der Waals surface area contributed by atoms with E-state index in [1.54, 1.807) is 17.2 Å². The Kier molecular flexibility index (Phi) is 2.36. The molecule has 0 aliphatic heterocycles. The van der Waals surface area contributed by atoms with E-state index < -0.39 is 0 Å². The summed E-state index contributed by atoms with van der Waals surface area (Å²) in [5.41, 5.74) is 0.723. The highest BCUT2D eigenvalue weighted by Crippen LogP contribution is 1.99. The van der Waals surface area contributed by atoms with Crippen molar-refractivity contribution in [2.24, 2.45) is 0 Å². The van der Waals surface area contributed by atoms with Crippen LogP contribution in [0.2, 0.25) is 0 Å². The molecule has 4 nitrogen and oxygen atoms in total. The standard InChI is InChI=1S/C10H9N3O/c14-10(6-13-7-11-12-8-13)9-4-2-1-3-5-9/h1-5,7-8H,6H2/p+1. The number of hydrogen-bond donors (Lipinski definition) is 1. The summed E-state index contributed by atoms with van der Waals surface area (Å²) >= 11 is 0. The Labute approximate surface area is 81.2 Å². The lowest BCUT2D eigenvalue weighted by atomic mass is 10.1. The first-order chi connectivity index (χ1) is 6.86. The molecule has 0 radical (unpaired) electrons. The molecule has 2 rings (SSSR count). The van der Waals surface area contributed by atoms with Crippen molar-refractivity contribution in [2.45, 2.75) is 6.54 Å². The predicted molar refractivity (Wildman–Crippen MR) is 49.6 cm³/mol. The Morgan fingerprint density at radius 2 is 2.14 bits per heavy atom. The third-order valence-corrected chi connectivity index (χ3v) is 1.93. The van der Waals surface area contributed by atoms with Gasteiger partial charge in [0, 0.05) is 10.7 Å². The summed E-state index contributed by atoms with van der Waals surface area (Å²) < 4.78 is 1.70. The fraction of sp³-hybridized carbons (Fsp3) is 0.100. The lowest BCUT2D eigenvalue weighted by Crippen LogP contribution is -2.35. The van der Waals surface area contributed by atoms with Crippen LogP contribution in [0.15, 0.2) is 43.0 Å². The van der Waals surface area contributed by atoms with Gasteiger partial charge in [-0.2, -0.15) is 0 Å². The van der Waals surface area contributed by atoms with Crippen molar-refractivity contribution in [1.29, 1.82) is 0 Å². The van der Waals surface area contributed by atoms with Crippen molar-refractivity contribution in [1.82, 2.24) is 10.2 Å². The van der Waals surface area contributed by atoms with E-state index in [4.69, 9.17) is 0 Å². The summed E-state index contributed by atoms with van der Waals surface area (Å²) in [5, 5.41) is 6.40. The van der Waals surface area contributed by atoms with E-state index in [9.17, 15) is 4.79 Å². The van der Waals surface area contributed by atoms with Crippen molar-refractivity contribution < 1.29 is 9.36 Å². The first-order valence-electron chi connectivity index (χ1n) is 4.32. The Balaban J connectivity index is 2.11. The van der Waals surface area contributed by atoms with Crippen LogP contribution in [0.25, 0.3) is 0 Å². The lowest BCUT2D eigenvalue weighted by Gasteiger charge is -1.96. The Bertz CT molecular complexity index is 408. The predicted octanol–water partition coefficient (Wildman–Crippen LogP) is 0.580. The molecule has 0 fully saturated rings. The second-order valence-electron chi connectivity index (χ2n) is 2.96. The molecule has 0 atom stereocenters. The van der Waals surface area contributed by atoms with Gasteiger partial charge in [-0.05, 0) is 0 Å². The minimum Gasteiger partial charge on any atom is -0.291 e. The van der Waals surface area contributed by atoms with Crippen LogP contribution in [-0.4, -0.2) is 16.0 Å². The number of nitrogens with one attached hydrogen (secondary N) is 1. The quantitative estimate of drug-likeness (QED) is 0.565. The van der Waals surface area contributed by atoms with E-state index >= 15 is 0 Å². The molecule has 1 aromatic carbocycles. The molecule has 14 heavy (non-hydrogen) atoms. The van der Waals surface area contributed by atoms with Gasteiger partial charge in [-0.25, -0.2) is 4.57 Å². The van der Waals surface area contributed by atoms with Gasteiger partial charge in [0.15, 0.2) is 5.78 Å². The van der Waals surface area contributed by atoms with E-state index in [-0.39, 0.29) is 5.78 Å². The smallest absolute Gasteiger partial charge is 0.265 e. The summed E-state index contributed by atoms with van der Waals surface area (Å²) in [6.07, 6.45) is 3.24. The topological polar surface area (TPSA) is 49.6 Å². The molecule has 0 amide bonds. The molecule has 0 saturated carbocycles. The third-order valence-electron chi connectivity index (χ3n) is 1.93. The van der Waals surface area contributed by atoms with E-state index in [1.807, 2.05) is 30.3 Å². The number of H-pyrrole nitrogens is 1. The molecule has 1 aromatic heterocycles. The van der Waals surface area contributed by atoms with Crippen molar-refractivity contribution in [3.8, 4) is 0 Å². The Hall–Kier alpha value is -1.97. The van der Waals surface area contributed by atoms with Crippen LogP contribution in [0.1, 0.15) is 10.4 Å². The maximum atomic E-state index is 11.6. The first-order valence-corrected chi connectivity index (χ1v) is 4.32. The SMILES string of the molecule is O=C(C[n+]1cn[nH]c1)c1ccccc1. The van der Waals surface area contributed by atoms with Crippen molar-refractivity contribution in [2.75, 3.05) is 0 Å². The van der Waals surface area contributed by atoms with Crippen LogP contribution in [0.4, 0.5) is 0 Å². The average molecular weight is 188 g/mol. The van der Waals surface area contributed by atoms with Gasteiger partial charge in [-0.1, -0.05) is 30.3 Å². The molecule has 70 valence electrons. The number of nitrogens with zero attached hydrogens (tertiary/aromatic N) is 2. The number of rotatable bonds is 3. The molecule has 2 aromatic rings. The normalized spacial score (nSPS) is 10.0. The summed E-state index contributed by atoms with van der Waals surface area (Å²) in [7, 11) is 0. The fourth-order valence-corrected chi connectivity index (χ4v) is 1.22. The molecule has 0 unspecified atom stereocenters. The maximum Gasteiger partial charge on any atom is 0.265 e. The molecule has 0 aliphatic carbocycles. The van der Waals surface area contributed by atoms with Gasteiger partial charge in [-0.15, -0.1) is 5.10 Å². The third kappa shape index (κ3) is 1.85. The number of carbonyl (C=O) groups is 1. The van der Waals surface area contributed by atoms with Gasteiger partial charge in [-0.3, -0.25) is 4.79 Å². The number of hydrogen-bond acceptors (Lipinski definition) is 2. The molecular formula is C10H10N3O+. The number of aromatic nitrogens is 3. The van der Waals surface area contributed by atoms with E-state index in [0.717, 1.165) is 5.56 Å². The lowest BCUT2D eigenvalue weighted by molar-refractivity contribution is -0.683.